The summed E-state index contributed by atoms with van der Waals surface area (Å²) >= 11 is 13.2. The van der Waals surface area contributed by atoms with Gasteiger partial charge in [-0.2, -0.15) is 0 Å². The van der Waals surface area contributed by atoms with Crippen LogP contribution in [-0.4, -0.2) is 5.24 Å². The van der Waals surface area contributed by atoms with E-state index < -0.39 is 5.24 Å². The van der Waals surface area contributed by atoms with Crippen LogP contribution in [0.25, 0.3) is 0 Å². The van der Waals surface area contributed by atoms with Crippen molar-refractivity contribution in [3.8, 4) is 0 Å². The van der Waals surface area contributed by atoms with Gasteiger partial charge in [-0.15, -0.1) is 0 Å². The van der Waals surface area contributed by atoms with Crippen molar-refractivity contribution < 1.29 is 4.79 Å². The maximum Gasteiger partial charge on any atom is 0.253 e. The Balaban J connectivity index is 3.33. The molecule has 4 heteroatoms. The van der Waals surface area contributed by atoms with Crippen LogP contribution in [0.2, 0.25) is 5.02 Å². The summed E-state index contributed by atoms with van der Waals surface area (Å²) in [4.78, 5) is 10.8. The van der Waals surface area contributed by atoms with Gasteiger partial charge in [0.05, 0.1) is 0 Å². The van der Waals surface area contributed by atoms with E-state index in [1.165, 1.54) is 0 Å². The molecule has 0 aliphatic heterocycles. The minimum atomic E-state index is -0.445. The molecule has 0 amide bonds. The molecule has 0 atom stereocenters. The Morgan fingerprint density at radius 2 is 2.08 bits per heavy atom. The van der Waals surface area contributed by atoms with Crippen molar-refractivity contribution in [3.05, 3.63) is 31.9 Å². The summed E-state index contributed by atoms with van der Waals surface area (Å²) in [5.41, 5.74) is 1.38. The predicted molar refractivity (Wildman–Crippen MR) is 59.1 cm³/mol. The molecular formula is C8H5Cl2IO. The summed E-state index contributed by atoms with van der Waals surface area (Å²) < 4.78 is 0.781. The molecule has 0 aliphatic rings. The highest BCUT2D eigenvalue weighted by Gasteiger charge is 2.08. The van der Waals surface area contributed by atoms with Crippen molar-refractivity contribution in [2.24, 2.45) is 0 Å². The molecule has 0 radical (unpaired) electrons. The van der Waals surface area contributed by atoms with E-state index in [1.807, 2.05) is 29.5 Å². The molecule has 0 saturated carbocycles. The second kappa shape index (κ2) is 3.94. The van der Waals surface area contributed by atoms with Gasteiger partial charge in [0.25, 0.3) is 5.24 Å². The van der Waals surface area contributed by atoms with Gasteiger partial charge in [-0.3, -0.25) is 4.79 Å². The number of rotatable bonds is 1. The minimum Gasteiger partial charge on any atom is -0.276 e. The van der Waals surface area contributed by atoms with Gasteiger partial charge in [0, 0.05) is 14.2 Å². The summed E-state index contributed by atoms with van der Waals surface area (Å²) in [7, 11) is 0. The lowest BCUT2D eigenvalue weighted by Gasteiger charge is -2.02. The Hall–Kier alpha value is 0.200. The largest absolute Gasteiger partial charge is 0.276 e. The highest BCUT2D eigenvalue weighted by atomic mass is 127. The Bertz CT molecular complexity index is 336. The number of benzene rings is 1. The summed E-state index contributed by atoms with van der Waals surface area (Å²) in [5.74, 6) is 0. The van der Waals surface area contributed by atoms with Gasteiger partial charge in [-0.1, -0.05) is 11.6 Å². The average molecular weight is 315 g/mol. The van der Waals surface area contributed by atoms with E-state index >= 15 is 0 Å². The number of carbonyl (C=O) groups excluding carboxylic acids is 1. The fourth-order valence-electron chi connectivity index (χ4n) is 0.808. The van der Waals surface area contributed by atoms with E-state index in [1.54, 1.807) is 12.1 Å². The van der Waals surface area contributed by atoms with Crippen LogP contribution >= 0.6 is 45.8 Å². The van der Waals surface area contributed by atoms with E-state index in [4.69, 9.17) is 23.2 Å². The first-order valence-electron chi connectivity index (χ1n) is 3.18. The number of halogens is 3. The molecule has 0 N–H and O–H groups in total. The number of hydrogen-bond acceptors (Lipinski definition) is 1. The Kier molecular flexibility index (Phi) is 3.37. The molecule has 12 heavy (non-hydrogen) atoms. The first-order chi connectivity index (χ1) is 5.52. The van der Waals surface area contributed by atoms with Crippen LogP contribution in [0.5, 0.6) is 0 Å². The third-order valence-corrected chi connectivity index (χ3v) is 2.96. The molecule has 0 fully saturated rings. The fraction of sp³-hybridized carbons (Fsp3) is 0.125. The van der Waals surface area contributed by atoms with Crippen molar-refractivity contribution in [1.29, 1.82) is 0 Å². The molecule has 0 bridgehead atoms. The molecule has 0 saturated heterocycles. The van der Waals surface area contributed by atoms with Gasteiger partial charge in [-0.05, 0) is 58.8 Å². The zero-order chi connectivity index (χ0) is 9.30. The highest BCUT2D eigenvalue weighted by Crippen LogP contribution is 2.23. The van der Waals surface area contributed by atoms with Gasteiger partial charge in [-0.25, -0.2) is 0 Å². The van der Waals surface area contributed by atoms with Crippen molar-refractivity contribution >= 4 is 51.0 Å². The van der Waals surface area contributed by atoms with E-state index in [0.29, 0.717) is 10.6 Å². The number of aryl methyl sites for hydroxylation is 1. The second-order valence-corrected chi connectivity index (χ2v) is 4.27. The molecule has 1 nitrogen and oxygen atoms in total. The maximum absolute atomic E-state index is 10.8. The third-order valence-electron chi connectivity index (χ3n) is 1.46. The summed E-state index contributed by atoms with van der Waals surface area (Å²) in [5, 5.41) is 0.209. The molecule has 0 heterocycles. The second-order valence-electron chi connectivity index (χ2n) is 2.35. The van der Waals surface area contributed by atoms with Gasteiger partial charge in [0.1, 0.15) is 0 Å². The van der Waals surface area contributed by atoms with E-state index in [0.717, 1.165) is 9.13 Å². The van der Waals surface area contributed by atoms with Crippen molar-refractivity contribution in [1.82, 2.24) is 0 Å². The Morgan fingerprint density at radius 3 is 2.58 bits per heavy atom. The van der Waals surface area contributed by atoms with Crippen LogP contribution in [0.1, 0.15) is 15.9 Å². The number of carbonyl (C=O) groups is 1. The predicted octanol–water partition coefficient (Wildman–Crippen LogP) is 3.63. The molecule has 0 unspecified atom stereocenters. The Labute approximate surface area is 94.2 Å². The van der Waals surface area contributed by atoms with Crippen LogP contribution in [-0.2, 0) is 0 Å². The van der Waals surface area contributed by atoms with Gasteiger partial charge < -0.3 is 0 Å². The lowest BCUT2D eigenvalue weighted by molar-refractivity contribution is 0.108. The van der Waals surface area contributed by atoms with Crippen LogP contribution in [0, 0.1) is 10.5 Å². The quantitative estimate of drug-likeness (QED) is 0.571. The molecule has 0 aromatic heterocycles. The molecule has 0 aliphatic carbocycles. The third kappa shape index (κ3) is 2.12. The van der Waals surface area contributed by atoms with Crippen molar-refractivity contribution in [2.45, 2.75) is 6.92 Å². The standard InChI is InChI=1S/C8H5Cl2IO/c1-4-2-5(8(10)12)7(11)3-6(4)9/h2-3H,1H3. The number of hydrogen-bond donors (Lipinski definition) is 0. The fourth-order valence-corrected chi connectivity index (χ4v) is 2.18. The summed E-state index contributed by atoms with van der Waals surface area (Å²) in [6, 6.07) is 3.42. The first kappa shape index (κ1) is 10.3. The van der Waals surface area contributed by atoms with Gasteiger partial charge in [0.15, 0.2) is 0 Å². The Morgan fingerprint density at radius 1 is 1.50 bits per heavy atom. The highest BCUT2D eigenvalue weighted by molar-refractivity contribution is 14.1. The van der Waals surface area contributed by atoms with Gasteiger partial charge in [0.2, 0.25) is 0 Å². The molecule has 1 aromatic rings. The zero-order valence-electron chi connectivity index (χ0n) is 6.20. The van der Waals surface area contributed by atoms with Crippen LogP contribution in [0.3, 0.4) is 0 Å². The van der Waals surface area contributed by atoms with Crippen molar-refractivity contribution in [2.75, 3.05) is 0 Å². The molecule has 0 spiro atoms. The van der Waals surface area contributed by atoms with E-state index in [9.17, 15) is 4.79 Å². The van der Waals surface area contributed by atoms with Crippen LogP contribution < -0.4 is 0 Å². The zero-order valence-corrected chi connectivity index (χ0v) is 9.87. The average Bonchev–Trinajstić information content (AvgIpc) is 1.96. The lowest BCUT2D eigenvalue weighted by atomic mass is 10.1. The topological polar surface area (TPSA) is 17.1 Å². The SMILES string of the molecule is Cc1cc(C(=O)Cl)c(I)cc1Cl. The summed E-state index contributed by atoms with van der Waals surface area (Å²) in [6.07, 6.45) is 0. The normalized spacial score (nSPS) is 10.0. The molecule has 64 valence electrons. The monoisotopic (exact) mass is 314 g/mol. The van der Waals surface area contributed by atoms with Crippen LogP contribution in [0.15, 0.2) is 12.1 Å². The van der Waals surface area contributed by atoms with Gasteiger partial charge >= 0.3 is 0 Å². The van der Waals surface area contributed by atoms with Crippen molar-refractivity contribution in [3.63, 3.8) is 0 Å². The first-order valence-corrected chi connectivity index (χ1v) is 5.01. The minimum absolute atomic E-state index is 0.445. The van der Waals surface area contributed by atoms with Crippen LogP contribution in [0.4, 0.5) is 0 Å². The smallest absolute Gasteiger partial charge is 0.253 e. The van der Waals surface area contributed by atoms with E-state index in [2.05, 4.69) is 0 Å². The summed E-state index contributed by atoms with van der Waals surface area (Å²) in [6.45, 7) is 1.84. The molecule has 1 aromatic carbocycles. The maximum atomic E-state index is 10.8. The van der Waals surface area contributed by atoms with E-state index in [-0.39, 0.29) is 0 Å². The molecule has 1 rings (SSSR count). The lowest BCUT2D eigenvalue weighted by Crippen LogP contribution is -1.94. The molecular weight excluding hydrogens is 310 g/mol.